The Morgan fingerprint density at radius 1 is 1.45 bits per heavy atom. The molecule has 1 nitrogen and oxygen atoms in total. The van der Waals surface area contributed by atoms with Crippen LogP contribution in [0.4, 0.5) is 0 Å². The number of hydrogen-bond donors (Lipinski definition) is 0. The van der Waals surface area contributed by atoms with E-state index in [0.29, 0.717) is 0 Å². The van der Waals surface area contributed by atoms with Crippen LogP contribution in [-0.4, -0.2) is 4.98 Å². The smallest absolute Gasteiger partial charge is 0.182 e. The SMILES string of the molecule is Cc1ccnc2c1C=[C+]C=C2. The van der Waals surface area contributed by atoms with Crippen LogP contribution in [0, 0.1) is 13.0 Å². The van der Waals surface area contributed by atoms with E-state index in [2.05, 4.69) is 18.0 Å². The maximum atomic E-state index is 4.22. The summed E-state index contributed by atoms with van der Waals surface area (Å²) >= 11 is 0. The molecule has 1 aromatic rings. The van der Waals surface area contributed by atoms with Gasteiger partial charge in [0, 0.05) is 17.8 Å². The molecule has 0 bridgehead atoms. The molecule has 0 saturated heterocycles. The lowest BCUT2D eigenvalue weighted by molar-refractivity contribution is 1.24. The van der Waals surface area contributed by atoms with Gasteiger partial charge in [-0.2, -0.15) is 0 Å². The van der Waals surface area contributed by atoms with Crippen LogP contribution in [0.1, 0.15) is 16.8 Å². The molecule has 0 unspecified atom stereocenters. The quantitative estimate of drug-likeness (QED) is 0.506. The van der Waals surface area contributed by atoms with Gasteiger partial charge in [0.1, 0.15) is 17.7 Å². The van der Waals surface area contributed by atoms with Gasteiger partial charge >= 0.3 is 0 Å². The highest BCUT2D eigenvalue weighted by Gasteiger charge is 2.11. The largest absolute Gasteiger partial charge is 0.229 e. The van der Waals surface area contributed by atoms with E-state index in [1.807, 2.05) is 30.5 Å². The summed E-state index contributed by atoms with van der Waals surface area (Å²) in [6.07, 6.45) is 10.7. The highest BCUT2D eigenvalue weighted by atomic mass is 14.7. The molecule has 1 aromatic heterocycles. The first kappa shape index (κ1) is 6.26. The molecule has 52 valence electrons. The first-order valence-corrected chi connectivity index (χ1v) is 3.59. The summed E-state index contributed by atoms with van der Waals surface area (Å²) in [5.74, 6) is 0. The molecule has 1 heteroatoms. The molecule has 1 aliphatic carbocycles. The Hall–Kier alpha value is -1.46. The van der Waals surface area contributed by atoms with Gasteiger partial charge in [-0.25, -0.2) is 4.98 Å². The Balaban J connectivity index is 2.70. The lowest BCUT2D eigenvalue weighted by atomic mass is 10.0. The van der Waals surface area contributed by atoms with Crippen molar-refractivity contribution in [1.29, 1.82) is 0 Å². The average Bonchev–Trinajstić information content (AvgIpc) is 2.06. The van der Waals surface area contributed by atoms with Crippen molar-refractivity contribution in [2.75, 3.05) is 0 Å². The van der Waals surface area contributed by atoms with Crippen molar-refractivity contribution in [1.82, 2.24) is 4.98 Å². The Labute approximate surface area is 66.1 Å². The maximum Gasteiger partial charge on any atom is 0.182 e. The molecular formula is C10H8N+. The van der Waals surface area contributed by atoms with Gasteiger partial charge in [0.05, 0.1) is 6.08 Å². The summed E-state index contributed by atoms with van der Waals surface area (Å²) in [5.41, 5.74) is 3.49. The van der Waals surface area contributed by atoms with Crippen LogP contribution in [0.2, 0.25) is 0 Å². The molecule has 0 saturated carbocycles. The Bertz CT molecular complexity index is 335. The predicted octanol–water partition coefficient (Wildman–Crippen LogP) is 2.23. The van der Waals surface area contributed by atoms with E-state index in [1.165, 1.54) is 11.1 Å². The van der Waals surface area contributed by atoms with Gasteiger partial charge in [0.25, 0.3) is 0 Å². The fourth-order valence-electron chi connectivity index (χ4n) is 1.17. The van der Waals surface area contributed by atoms with E-state index >= 15 is 0 Å². The number of fused-ring (bicyclic) bond motifs is 1. The fourth-order valence-corrected chi connectivity index (χ4v) is 1.17. The third-order valence-corrected chi connectivity index (χ3v) is 1.80. The highest BCUT2D eigenvalue weighted by Crippen LogP contribution is 2.17. The van der Waals surface area contributed by atoms with Crippen molar-refractivity contribution < 1.29 is 0 Å². The molecule has 2 rings (SSSR count). The number of allylic oxidation sites excluding steroid dienone is 2. The average molecular weight is 142 g/mol. The Kier molecular flexibility index (Phi) is 1.31. The highest BCUT2D eigenvalue weighted by molar-refractivity contribution is 5.69. The number of nitrogens with zero attached hydrogens (tertiary/aromatic N) is 1. The number of pyridine rings is 1. The van der Waals surface area contributed by atoms with E-state index < -0.39 is 0 Å². The lowest BCUT2D eigenvalue weighted by Crippen LogP contribution is -1.91. The van der Waals surface area contributed by atoms with Gasteiger partial charge in [-0.1, -0.05) is 0 Å². The predicted molar refractivity (Wildman–Crippen MR) is 45.7 cm³/mol. The summed E-state index contributed by atoms with van der Waals surface area (Å²) in [7, 11) is 0. The van der Waals surface area contributed by atoms with Gasteiger partial charge in [-0.3, -0.25) is 0 Å². The van der Waals surface area contributed by atoms with E-state index in [0.717, 1.165) is 5.69 Å². The molecule has 0 atom stereocenters. The molecule has 0 aliphatic heterocycles. The van der Waals surface area contributed by atoms with Crippen molar-refractivity contribution in [3.63, 3.8) is 0 Å². The fraction of sp³-hybridized carbons (Fsp3) is 0.100. The number of hydrogen-bond acceptors (Lipinski definition) is 1. The standard InChI is InChI=1S/C10H8N/c1-8-6-7-11-10-5-3-2-4-9(8)10/h3-7H,1H3/q+1. The van der Waals surface area contributed by atoms with Crippen LogP contribution in [0.15, 0.2) is 18.3 Å². The van der Waals surface area contributed by atoms with Crippen molar-refractivity contribution in [3.8, 4) is 0 Å². The number of aryl methyl sites for hydroxylation is 1. The van der Waals surface area contributed by atoms with Crippen LogP contribution in [-0.2, 0) is 0 Å². The normalized spacial score (nSPS) is 12.5. The summed E-state index contributed by atoms with van der Waals surface area (Å²) in [5, 5.41) is 0. The molecular weight excluding hydrogens is 134 g/mol. The van der Waals surface area contributed by atoms with Crippen LogP contribution < -0.4 is 0 Å². The minimum Gasteiger partial charge on any atom is -0.229 e. The minimum atomic E-state index is 1.05. The first-order valence-electron chi connectivity index (χ1n) is 3.59. The van der Waals surface area contributed by atoms with E-state index in [4.69, 9.17) is 0 Å². The summed E-state index contributed by atoms with van der Waals surface area (Å²) < 4.78 is 0. The topological polar surface area (TPSA) is 12.9 Å². The van der Waals surface area contributed by atoms with Gasteiger partial charge in [-0.05, 0) is 13.0 Å². The van der Waals surface area contributed by atoms with E-state index in [9.17, 15) is 0 Å². The molecule has 0 radical (unpaired) electrons. The monoisotopic (exact) mass is 142 g/mol. The maximum absolute atomic E-state index is 4.22. The van der Waals surface area contributed by atoms with Crippen molar-refractivity contribution in [3.05, 3.63) is 41.2 Å². The van der Waals surface area contributed by atoms with Gasteiger partial charge in [0.2, 0.25) is 0 Å². The first-order chi connectivity index (χ1) is 5.38. The third-order valence-electron chi connectivity index (χ3n) is 1.80. The zero-order chi connectivity index (χ0) is 7.68. The number of rotatable bonds is 0. The van der Waals surface area contributed by atoms with Crippen molar-refractivity contribution >= 4 is 12.2 Å². The van der Waals surface area contributed by atoms with Crippen LogP contribution in [0.3, 0.4) is 0 Å². The molecule has 1 aliphatic rings. The molecule has 0 aromatic carbocycles. The summed E-state index contributed by atoms with van der Waals surface area (Å²) in [6.45, 7) is 2.08. The van der Waals surface area contributed by atoms with Crippen molar-refractivity contribution in [2.24, 2.45) is 0 Å². The molecule has 0 fully saturated rings. The lowest BCUT2D eigenvalue weighted by Gasteiger charge is -1.97. The summed E-state index contributed by atoms with van der Waals surface area (Å²) in [6, 6.07) is 2.01. The van der Waals surface area contributed by atoms with Gasteiger partial charge < -0.3 is 0 Å². The van der Waals surface area contributed by atoms with Gasteiger partial charge in [0.15, 0.2) is 5.69 Å². The zero-order valence-electron chi connectivity index (χ0n) is 6.33. The zero-order valence-corrected chi connectivity index (χ0v) is 6.33. The summed E-state index contributed by atoms with van der Waals surface area (Å²) in [4.78, 5) is 4.22. The molecule has 0 spiro atoms. The molecule has 1 heterocycles. The second-order valence-electron chi connectivity index (χ2n) is 2.57. The molecule has 11 heavy (non-hydrogen) atoms. The molecule has 0 amide bonds. The number of aromatic nitrogens is 1. The van der Waals surface area contributed by atoms with Crippen molar-refractivity contribution in [2.45, 2.75) is 6.92 Å². The van der Waals surface area contributed by atoms with Crippen LogP contribution in [0.25, 0.3) is 12.2 Å². The van der Waals surface area contributed by atoms with E-state index in [1.54, 1.807) is 0 Å². The Morgan fingerprint density at radius 3 is 3.18 bits per heavy atom. The van der Waals surface area contributed by atoms with E-state index in [-0.39, 0.29) is 0 Å². The Morgan fingerprint density at radius 2 is 2.36 bits per heavy atom. The second-order valence-corrected chi connectivity index (χ2v) is 2.57. The molecule has 0 N–H and O–H groups in total. The van der Waals surface area contributed by atoms with Crippen LogP contribution >= 0.6 is 0 Å². The second kappa shape index (κ2) is 2.30. The minimum absolute atomic E-state index is 1.05. The van der Waals surface area contributed by atoms with Crippen LogP contribution in [0.5, 0.6) is 0 Å². The van der Waals surface area contributed by atoms with Gasteiger partial charge in [-0.15, -0.1) is 0 Å². The third kappa shape index (κ3) is 0.957.